The monoisotopic (exact) mass is 343 g/mol. The van der Waals surface area contributed by atoms with Crippen molar-refractivity contribution in [3.8, 4) is 0 Å². The van der Waals surface area contributed by atoms with Gasteiger partial charge >= 0.3 is 5.97 Å². The van der Waals surface area contributed by atoms with Gasteiger partial charge in [0.15, 0.2) is 6.61 Å². The SMILES string of the molecule is Cc1noc(N)c1C(=O)OCC(=O)Nc1cc(Cl)cc(Cl)c1. The number of benzene rings is 1. The Labute approximate surface area is 135 Å². The van der Waals surface area contributed by atoms with Crippen molar-refractivity contribution in [1.82, 2.24) is 5.16 Å². The normalized spacial score (nSPS) is 10.3. The second-order valence-electron chi connectivity index (χ2n) is 4.29. The first kappa shape index (κ1) is 16.1. The number of carbonyl (C=O) groups is 2. The van der Waals surface area contributed by atoms with Gasteiger partial charge in [0.25, 0.3) is 5.91 Å². The topological polar surface area (TPSA) is 107 Å². The number of carbonyl (C=O) groups excluding carboxylic acids is 2. The van der Waals surface area contributed by atoms with Crippen molar-refractivity contribution in [3.63, 3.8) is 0 Å². The first-order chi connectivity index (χ1) is 10.4. The van der Waals surface area contributed by atoms with E-state index < -0.39 is 18.5 Å². The number of nitrogen functional groups attached to an aromatic ring is 1. The minimum absolute atomic E-state index is 0.00130. The van der Waals surface area contributed by atoms with Gasteiger partial charge in [0, 0.05) is 15.7 Å². The minimum atomic E-state index is -0.796. The quantitative estimate of drug-likeness (QED) is 0.826. The highest BCUT2D eigenvalue weighted by molar-refractivity contribution is 6.35. The van der Waals surface area contributed by atoms with Gasteiger partial charge in [0.05, 0.1) is 5.69 Å². The van der Waals surface area contributed by atoms with E-state index in [9.17, 15) is 9.59 Å². The Hall–Kier alpha value is -2.25. The van der Waals surface area contributed by atoms with Crippen LogP contribution in [0, 0.1) is 6.92 Å². The summed E-state index contributed by atoms with van der Waals surface area (Å²) in [6.45, 7) is 1.03. The Bertz CT molecular complexity index is 690. The molecule has 0 bridgehead atoms. The van der Waals surface area contributed by atoms with Gasteiger partial charge in [-0.05, 0) is 25.1 Å². The second-order valence-corrected chi connectivity index (χ2v) is 5.16. The number of amides is 1. The third kappa shape index (κ3) is 3.90. The van der Waals surface area contributed by atoms with Crippen LogP contribution in [0.5, 0.6) is 0 Å². The van der Waals surface area contributed by atoms with E-state index in [4.69, 9.17) is 33.7 Å². The molecule has 7 nitrogen and oxygen atoms in total. The van der Waals surface area contributed by atoms with Crippen LogP contribution in [0.1, 0.15) is 16.1 Å². The van der Waals surface area contributed by atoms with E-state index in [2.05, 4.69) is 15.0 Å². The Morgan fingerprint density at radius 2 is 1.95 bits per heavy atom. The fourth-order valence-corrected chi connectivity index (χ4v) is 2.19. The average Bonchev–Trinajstić information content (AvgIpc) is 2.74. The fraction of sp³-hybridized carbons (Fsp3) is 0.154. The molecule has 0 saturated carbocycles. The zero-order chi connectivity index (χ0) is 16.3. The number of esters is 1. The van der Waals surface area contributed by atoms with Crippen LogP contribution >= 0.6 is 23.2 Å². The van der Waals surface area contributed by atoms with Crippen molar-refractivity contribution in [2.75, 3.05) is 17.7 Å². The molecule has 1 aromatic carbocycles. The maximum absolute atomic E-state index is 11.8. The summed E-state index contributed by atoms with van der Waals surface area (Å²) in [6, 6.07) is 4.54. The third-order valence-electron chi connectivity index (χ3n) is 2.57. The summed E-state index contributed by atoms with van der Waals surface area (Å²) in [6.07, 6.45) is 0. The van der Waals surface area contributed by atoms with Gasteiger partial charge in [0.2, 0.25) is 5.88 Å². The summed E-state index contributed by atoms with van der Waals surface area (Å²) in [5.74, 6) is -1.51. The van der Waals surface area contributed by atoms with E-state index >= 15 is 0 Å². The number of nitrogens with one attached hydrogen (secondary N) is 1. The molecule has 1 amide bonds. The standard InChI is InChI=1S/C13H11Cl2N3O4/c1-6-11(12(16)22-18-6)13(20)21-5-10(19)17-9-3-7(14)2-8(15)4-9/h2-4H,5,16H2,1H3,(H,17,19). The molecule has 0 atom stereocenters. The molecule has 2 rings (SSSR count). The molecule has 116 valence electrons. The maximum atomic E-state index is 11.8. The number of hydrogen-bond donors (Lipinski definition) is 2. The molecule has 2 aromatic rings. The molecular weight excluding hydrogens is 333 g/mol. The molecule has 0 fully saturated rings. The van der Waals surface area contributed by atoms with Crippen LogP contribution in [0.25, 0.3) is 0 Å². The summed E-state index contributed by atoms with van der Waals surface area (Å²) in [4.78, 5) is 23.5. The lowest BCUT2D eigenvalue weighted by atomic mass is 10.2. The summed E-state index contributed by atoms with van der Waals surface area (Å²) in [7, 11) is 0. The van der Waals surface area contributed by atoms with E-state index in [1.807, 2.05) is 0 Å². The molecule has 0 saturated heterocycles. The lowest BCUT2D eigenvalue weighted by Crippen LogP contribution is -2.21. The number of rotatable bonds is 4. The van der Waals surface area contributed by atoms with E-state index in [-0.39, 0.29) is 17.1 Å². The van der Waals surface area contributed by atoms with E-state index in [1.54, 1.807) is 0 Å². The molecule has 0 unspecified atom stereocenters. The molecule has 1 aromatic heterocycles. The second kappa shape index (κ2) is 6.67. The van der Waals surface area contributed by atoms with Crippen molar-refractivity contribution in [1.29, 1.82) is 0 Å². The van der Waals surface area contributed by atoms with Crippen molar-refractivity contribution >= 4 is 46.6 Å². The summed E-state index contributed by atoms with van der Waals surface area (Å²) in [5.41, 5.74) is 6.11. The van der Waals surface area contributed by atoms with E-state index in [0.29, 0.717) is 15.7 Å². The summed E-state index contributed by atoms with van der Waals surface area (Å²) >= 11 is 11.6. The number of anilines is 2. The highest BCUT2D eigenvalue weighted by Gasteiger charge is 2.20. The van der Waals surface area contributed by atoms with Gasteiger partial charge in [-0.1, -0.05) is 28.4 Å². The lowest BCUT2D eigenvalue weighted by Gasteiger charge is -2.07. The predicted octanol–water partition coefficient (Wildman–Crippen LogP) is 2.67. The molecule has 0 aliphatic carbocycles. The first-order valence-electron chi connectivity index (χ1n) is 6.01. The highest BCUT2D eigenvalue weighted by Crippen LogP contribution is 2.22. The van der Waals surface area contributed by atoms with Gasteiger partial charge < -0.3 is 20.3 Å². The predicted molar refractivity (Wildman–Crippen MR) is 81.0 cm³/mol. The molecule has 0 aliphatic heterocycles. The number of aryl methyl sites for hydroxylation is 1. The number of ether oxygens (including phenoxy) is 1. The maximum Gasteiger partial charge on any atom is 0.346 e. The van der Waals surface area contributed by atoms with Crippen LogP contribution < -0.4 is 11.1 Å². The number of hydrogen-bond acceptors (Lipinski definition) is 6. The number of aromatic nitrogens is 1. The molecule has 3 N–H and O–H groups in total. The molecular formula is C13H11Cl2N3O4. The Balaban J connectivity index is 1.94. The number of halogens is 2. The fourth-order valence-electron chi connectivity index (χ4n) is 1.66. The zero-order valence-electron chi connectivity index (χ0n) is 11.4. The van der Waals surface area contributed by atoms with Gasteiger partial charge in [-0.2, -0.15) is 0 Å². The Morgan fingerprint density at radius 1 is 1.32 bits per heavy atom. The summed E-state index contributed by atoms with van der Waals surface area (Å²) in [5, 5.41) is 6.76. The van der Waals surface area contributed by atoms with Crippen LogP contribution in [0.3, 0.4) is 0 Å². The van der Waals surface area contributed by atoms with E-state index in [0.717, 1.165) is 0 Å². The molecule has 0 radical (unpaired) electrons. The van der Waals surface area contributed by atoms with Crippen LogP contribution in [0.2, 0.25) is 10.0 Å². The van der Waals surface area contributed by atoms with Gasteiger partial charge in [0.1, 0.15) is 5.56 Å². The largest absolute Gasteiger partial charge is 0.452 e. The van der Waals surface area contributed by atoms with Gasteiger partial charge in [-0.15, -0.1) is 0 Å². The van der Waals surface area contributed by atoms with E-state index in [1.165, 1.54) is 25.1 Å². The average molecular weight is 344 g/mol. The Morgan fingerprint density at radius 3 is 2.50 bits per heavy atom. The molecule has 0 aliphatic rings. The zero-order valence-corrected chi connectivity index (χ0v) is 12.9. The number of nitrogens with two attached hydrogens (primary N) is 1. The smallest absolute Gasteiger partial charge is 0.346 e. The van der Waals surface area contributed by atoms with Crippen LogP contribution in [-0.2, 0) is 9.53 Å². The minimum Gasteiger partial charge on any atom is -0.452 e. The van der Waals surface area contributed by atoms with Crippen molar-refractivity contribution in [2.24, 2.45) is 0 Å². The highest BCUT2D eigenvalue weighted by atomic mass is 35.5. The van der Waals surface area contributed by atoms with Crippen molar-refractivity contribution < 1.29 is 18.8 Å². The van der Waals surface area contributed by atoms with Crippen molar-refractivity contribution in [3.05, 3.63) is 39.5 Å². The Kier molecular flexibility index (Phi) is 4.89. The number of nitrogens with zero attached hydrogens (tertiary/aromatic N) is 1. The molecule has 1 heterocycles. The first-order valence-corrected chi connectivity index (χ1v) is 6.77. The van der Waals surface area contributed by atoms with Gasteiger partial charge in [-0.25, -0.2) is 4.79 Å². The molecule has 9 heteroatoms. The summed E-state index contributed by atoms with van der Waals surface area (Å²) < 4.78 is 9.49. The van der Waals surface area contributed by atoms with Crippen molar-refractivity contribution in [2.45, 2.75) is 6.92 Å². The van der Waals surface area contributed by atoms with Crippen LogP contribution in [-0.4, -0.2) is 23.6 Å². The lowest BCUT2D eigenvalue weighted by molar-refractivity contribution is -0.119. The molecule has 22 heavy (non-hydrogen) atoms. The van der Waals surface area contributed by atoms with Crippen LogP contribution in [0.4, 0.5) is 11.6 Å². The van der Waals surface area contributed by atoms with Crippen LogP contribution in [0.15, 0.2) is 22.7 Å². The molecule has 0 spiro atoms. The van der Waals surface area contributed by atoms with Gasteiger partial charge in [-0.3, -0.25) is 4.79 Å². The third-order valence-corrected chi connectivity index (χ3v) is 3.01.